The lowest BCUT2D eigenvalue weighted by Gasteiger charge is -2.31. The fourth-order valence-corrected chi connectivity index (χ4v) is 3.51. The first-order chi connectivity index (χ1) is 9.83. The van der Waals surface area contributed by atoms with Crippen LogP contribution in [0.3, 0.4) is 0 Å². The van der Waals surface area contributed by atoms with Crippen molar-refractivity contribution >= 4 is 5.69 Å². The molecule has 1 aromatic carbocycles. The van der Waals surface area contributed by atoms with Gasteiger partial charge in [0.1, 0.15) is 0 Å². The van der Waals surface area contributed by atoms with Gasteiger partial charge in [-0.2, -0.15) is 0 Å². The highest BCUT2D eigenvalue weighted by molar-refractivity contribution is 5.54. The molecule has 0 bridgehead atoms. The van der Waals surface area contributed by atoms with Crippen LogP contribution < -0.4 is 10.2 Å². The number of hydrogen-bond acceptors (Lipinski definition) is 3. The predicted molar refractivity (Wildman–Crippen MR) is 85.2 cm³/mol. The maximum Gasteiger partial charge on any atom is 0.0411 e. The highest BCUT2D eigenvalue weighted by atomic mass is 15.2. The van der Waals surface area contributed by atoms with Crippen LogP contribution in [-0.4, -0.2) is 44.2 Å². The summed E-state index contributed by atoms with van der Waals surface area (Å²) >= 11 is 0. The number of piperidine rings is 1. The fraction of sp³-hybridized carbons (Fsp3) is 0.647. The molecule has 20 heavy (non-hydrogen) atoms. The summed E-state index contributed by atoms with van der Waals surface area (Å²) in [5, 5.41) is 3.76. The van der Waals surface area contributed by atoms with Crippen molar-refractivity contribution in [2.24, 2.45) is 0 Å². The van der Waals surface area contributed by atoms with Crippen LogP contribution in [0.2, 0.25) is 0 Å². The van der Waals surface area contributed by atoms with E-state index in [1.807, 2.05) is 0 Å². The minimum absolute atomic E-state index is 0.653. The molecule has 110 valence electrons. The van der Waals surface area contributed by atoms with Gasteiger partial charge in [-0.3, -0.25) is 0 Å². The zero-order chi connectivity index (χ0) is 13.8. The smallest absolute Gasteiger partial charge is 0.0411 e. The van der Waals surface area contributed by atoms with Crippen molar-refractivity contribution in [3.8, 4) is 0 Å². The molecule has 0 amide bonds. The van der Waals surface area contributed by atoms with Gasteiger partial charge in [0.2, 0.25) is 0 Å². The lowest BCUT2D eigenvalue weighted by atomic mass is 10.1. The lowest BCUT2D eigenvalue weighted by molar-refractivity contribution is 0.226. The summed E-state index contributed by atoms with van der Waals surface area (Å²) in [5.74, 6) is 0. The van der Waals surface area contributed by atoms with E-state index in [0.717, 1.165) is 6.54 Å². The Labute approximate surface area is 123 Å². The van der Waals surface area contributed by atoms with Crippen LogP contribution in [0, 0.1) is 0 Å². The van der Waals surface area contributed by atoms with Crippen LogP contribution in [-0.2, 0) is 6.54 Å². The molecule has 1 unspecified atom stereocenters. The number of rotatable bonds is 4. The molecule has 2 aliphatic rings. The number of anilines is 1. The molecule has 2 heterocycles. The standard InChI is InChI=1S/C17H27N3/c1-19-10-6-8-16(14-19)18-13-15-7-2-3-9-17(15)20-11-4-5-12-20/h2-3,7,9,16,18H,4-6,8,10-14H2,1H3. The van der Waals surface area contributed by atoms with Crippen molar-refractivity contribution in [2.45, 2.75) is 38.3 Å². The molecule has 1 atom stereocenters. The molecule has 0 saturated carbocycles. The Bertz CT molecular complexity index is 426. The van der Waals surface area contributed by atoms with Crippen LogP contribution in [0.5, 0.6) is 0 Å². The first-order valence-electron chi connectivity index (χ1n) is 8.08. The number of para-hydroxylation sites is 1. The molecule has 0 spiro atoms. The third-order valence-corrected chi connectivity index (χ3v) is 4.64. The monoisotopic (exact) mass is 273 g/mol. The van der Waals surface area contributed by atoms with Crippen molar-refractivity contribution in [2.75, 3.05) is 38.1 Å². The van der Waals surface area contributed by atoms with E-state index in [4.69, 9.17) is 0 Å². The van der Waals surface area contributed by atoms with Gasteiger partial charge in [0, 0.05) is 37.9 Å². The Hall–Kier alpha value is -1.06. The minimum Gasteiger partial charge on any atom is -0.371 e. The van der Waals surface area contributed by atoms with Gasteiger partial charge in [0.15, 0.2) is 0 Å². The van der Waals surface area contributed by atoms with Gasteiger partial charge in [-0.25, -0.2) is 0 Å². The maximum atomic E-state index is 3.76. The van der Waals surface area contributed by atoms with Crippen LogP contribution in [0.25, 0.3) is 0 Å². The molecule has 0 radical (unpaired) electrons. The molecular weight excluding hydrogens is 246 g/mol. The van der Waals surface area contributed by atoms with Gasteiger partial charge >= 0.3 is 0 Å². The quantitative estimate of drug-likeness (QED) is 0.909. The van der Waals surface area contributed by atoms with Crippen LogP contribution in [0.1, 0.15) is 31.2 Å². The minimum atomic E-state index is 0.653. The number of likely N-dealkylation sites (tertiary alicyclic amines) is 1. The topological polar surface area (TPSA) is 18.5 Å². The van der Waals surface area contributed by atoms with E-state index in [2.05, 4.69) is 46.4 Å². The van der Waals surface area contributed by atoms with Crippen molar-refractivity contribution in [1.82, 2.24) is 10.2 Å². The molecule has 0 aromatic heterocycles. The molecular formula is C17H27N3. The second kappa shape index (κ2) is 6.59. The molecule has 2 saturated heterocycles. The molecule has 2 fully saturated rings. The zero-order valence-corrected chi connectivity index (χ0v) is 12.6. The summed E-state index contributed by atoms with van der Waals surface area (Å²) in [5.41, 5.74) is 2.91. The van der Waals surface area contributed by atoms with Gasteiger partial charge < -0.3 is 15.1 Å². The average molecular weight is 273 g/mol. The molecule has 1 N–H and O–H groups in total. The van der Waals surface area contributed by atoms with E-state index >= 15 is 0 Å². The van der Waals surface area contributed by atoms with Crippen LogP contribution >= 0.6 is 0 Å². The zero-order valence-electron chi connectivity index (χ0n) is 12.6. The van der Waals surface area contributed by atoms with E-state index in [0.29, 0.717) is 6.04 Å². The first-order valence-corrected chi connectivity index (χ1v) is 8.08. The summed E-state index contributed by atoms with van der Waals surface area (Å²) in [7, 11) is 2.23. The van der Waals surface area contributed by atoms with Crippen molar-refractivity contribution < 1.29 is 0 Å². The predicted octanol–water partition coefficient (Wildman–Crippen LogP) is 2.47. The van der Waals surface area contributed by atoms with Crippen molar-refractivity contribution in [3.05, 3.63) is 29.8 Å². The molecule has 2 aliphatic heterocycles. The number of nitrogens with one attached hydrogen (secondary N) is 1. The van der Waals surface area contributed by atoms with Crippen molar-refractivity contribution in [1.29, 1.82) is 0 Å². The van der Waals surface area contributed by atoms with E-state index in [1.54, 1.807) is 0 Å². The average Bonchev–Trinajstić information content (AvgIpc) is 3.00. The molecule has 1 aromatic rings. The van der Waals surface area contributed by atoms with Crippen LogP contribution in [0.15, 0.2) is 24.3 Å². The highest BCUT2D eigenvalue weighted by Gasteiger charge is 2.18. The Balaban J connectivity index is 1.62. The summed E-state index contributed by atoms with van der Waals surface area (Å²) in [6.45, 7) is 5.89. The van der Waals surface area contributed by atoms with E-state index in [9.17, 15) is 0 Å². The summed E-state index contributed by atoms with van der Waals surface area (Å²) in [4.78, 5) is 4.98. The fourth-order valence-electron chi connectivity index (χ4n) is 3.51. The van der Waals surface area contributed by atoms with E-state index < -0.39 is 0 Å². The van der Waals surface area contributed by atoms with Gasteiger partial charge in [-0.1, -0.05) is 18.2 Å². The molecule has 3 nitrogen and oxygen atoms in total. The molecule has 3 heteroatoms. The normalized spacial score (nSPS) is 24.2. The summed E-state index contributed by atoms with van der Waals surface area (Å²) < 4.78 is 0. The number of hydrogen-bond donors (Lipinski definition) is 1. The second-order valence-corrected chi connectivity index (χ2v) is 6.31. The van der Waals surface area contributed by atoms with Gasteiger partial charge in [0.05, 0.1) is 0 Å². The Kier molecular flexibility index (Phi) is 4.58. The number of benzene rings is 1. The third-order valence-electron chi connectivity index (χ3n) is 4.64. The number of likely N-dealkylation sites (N-methyl/N-ethyl adjacent to an activating group) is 1. The molecule has 0 aliphatic carbocycles. The Morgan fingerprint density at radius 3 is 2.70 bits per heavy atom. The number of nitrogens with zero attached hydrogens (tertiary/aromatic N) is 2. The van der Waals surface area contributed by atoms with Gasteiger partial charge in [-0.05, 0) is 50.9 Å². The second-order valence-electron chi connectivity index (χ2n) is 6.31. The van der Waals surface area contributed by atoms with Crippen molar-refractivity contribution in [3.63, 3.8) is 0 Å². The lowest BCUT2D eigenvalue weighted by Crippen LogP contribution is -2.43. The first kappa shape index (κ1) is 13.9. The highest BCUT2D eigenvalue weighted by Crippen LogP contribution is 2.24. The Morgan fingerprint density at radius 2 is 1.90 bits per heavy atom. The third kappa shape index (κ3) is 3.33. The van der Waals surface area contributed by atoms with E-state index in [-0.39, 0.29) is 0 Å². The maximum absolute atomic E-state index is 3.76. The summed E-state index contributed by atoms with van der Waals surface area (Å²) in [6, 6.07) is 9.57. The van der Waals surface area contributed by atoms with Crippen LogP contribution in [0.4, 0.5) is 5.69 Å². The Morgan fingerprint density at radius 1 is 1.10 bits per heavy atom. The van der Waals surface area contributed by atoms with E-state index in [1.165, 1.54) is 63.1 Å². The summed E-state index contributed by atoms with van der Waals surface area (Å²) in [6.07, 6.45) is 5.32. The van der Waals surface area contributed by atoms with Gasteiger partial charge in [-0.15, -0.1) is 0 Å². The SMILES string of the molecule is CN1CCCC(NCc2ccccc2N2CCCC2)C1. The molecule has 3 rings (SSSR count). The largest absolute Gasteiger partial charge is 0.371 e. The van der Waals surface area contributed by atoms with Gasteiger partial charge in [0.25, 0.3) is 0 Å².